The number of amides is 3. The molecule has 0 saturated heterocycles. The van der Waals surface area contributed by atoms with Gasteiger partial charge in [0.05, 0.1) is 12.5 Å². The summed E-state index contributed by atoms with van der Waals surface area (Å²) >= 11 is 3.33. The number of aryl methyl sites for hydroxylation is 1. The summed E-state index contributed by atoms with van der Waals surface area (Å²) in [6.07, 6.45) is -0.0277. The quantitative estimate of drug-likeness (QED) is 0.724. The molecule has 0 heterocycles. The number of carbonyl (C=O) groups is 2. The number of nitrogens with two attached hydrogens (primary N) is 1. The van der Waals surface area contributed by atoms with Crippen LogP contribution < -0.4 is 16.4 Å². The van der Waals surface area contributed by atoms with Gasteiger partial charge in [-0.25, -0.2) is 9.18 Å². The fraction of sp³-hybridized carbons (Fsp3) is 0.176. The first-order chi connectivity index (χ1) is 11.3. The lowest BCUT2D eigenvalue weighted by molar-refractivity contribution is -0.116. The molecule has 2 rings (SSSR count). The highest BCUT2D eigenvalue weighted by Gasteiger charge is 2.18. The first kappa shape index (κ1) is 17.9. The maximum absolute atomic E-state index is 13.5. The van der Waals surface area contributed by atoms with E-state index in [0.717, 1.165) is 10.0 Å². The number of halogens is 2. The van der Waals surface area contributed by atoms with Gasteiger partial charge in [-0.15, -0.1) is 0 Å². The number of carbonyl (C=O) groups excluding carboxylic acids is 2. The van der Waals surface area contributed by atoms with Gasteiger partial charge in [0.25, 0.3) is 0 Å². The zero-order valence-corrected chi connectivity index (χ0v) is 14.6. The average Bonchev–Trinajstić information content (AvgIpc) is 2.50. The van der Waals surface area contributed by atoms with Gasteiger partial charge in [0.1, 0.15) is 5.82 Å². The summed E-state index contributed by atoms with van der Waals surface area (Å²) in [7, 11) is 0. The molecule has 0 aliphatic heterocycles. The van der Waals surface area contributed by atoms with Crippen LogP contribution in [-0.4, -0.2) is 11.9 Å². The van der Waals surface area contributed by atoms with Gasteiger partial charge in [-0.3, -0.25) is 4.79 Å². The van der Waals surface area contributed by atoms with Crippen molar-refractivity contribution >= 4 is 33.6 Å². The number of rotatable bonds is 5. The van der Waals surface area contributed by atoms with E-state index in [1.54, 1.807) is 43.3 Å². The Kier molecular flexibility index (Phi) is 5.92. The molecule has 2 aromatic rings. The minimum Gasteiger partial charge on any atom is -0.352 e. The van der Waals surface area contributed by atoms with Crippen LogP contribution in [0.25, 0.3) is 0 Å². The second-order valence-corrected chi connectivity index (χ2v) is 6.24. The standard InChI is InChI=1S/C17H17BrFN3O2/c1-10-2-7-13(8-14(10)19)21-16(23)9-15(22-17(20)24)11-3-5-12(18)6-4-11/h2-8,15H,9H2,1H3,(H,21,23)(H3,20,22,24). The normalized spacial score (nSPS) is 11.6. The Morgan fingerprint density at radius 1 is 1.21 bits per heavy atom. The van der Waals surface area contributed by atoms with Crippen molar-refractivity contribution < 1.29 is 14.0 Å². The smallest absolute Gasteiger partial charge is 0.312 e. The fourth-order valence-corrected chi connectivity index (χ4v) is 2.45. The van der Waals surface area contributed by atoms with E-state index in [-0.39, 0.29) is 12.3 Å². The minimum atomic E-state index is -0.725. The molecule has 126 valence electrons. The lowest BCUT2D eigenvalue weighted by Crippen LogP contribution is -2.35. The summed E-state index contributed by atoms with van der Waals surface area (Å²) in [4.78, 5) is 23.4. The second kappa shape index (κ2) is 7.92. The number of nitrogens with one attached hydrogen (secondary N) is 2. The Hall–Kier alpha value is -2.41. The van der Waals surface area contributed by atoms with Gasteiger partial charge in [-0.05, 0) is 42.3 Å². The maximum atomic E-state index is 13.5. The molecule has 0 bridgehead atoms. The molecule has 0 saturated carbocycles. The van der Waals surface area contributed by atoms with Crippen LogP contribution in [0.4, 0.5) is 14.9 Å². The molecular weight excluding hydrogens is 377 g/mol. The van der Waals surface area contributed by atoms with Crippen molar-refractivity contribution in [2.24, 2.45) is 5.73 Å². The molecule has 1 unspecified atom stereocenters. The zero-order valence-electron chi connectivity index (χ0n) is 13.0. The van der Waals surface area contributed by atoms with Gasteiger partial charge in [0.15, 0.2) is 0 Å². The molecule has 0 radical (unpaired) electrons. The third-order valence-electron chi connectivity index (χ3n) is 3.43. The molecule has 3 amide bonds. The molecule has 0 aliphatic carbocycles. The monoisotopic (exact) mass is 393 g/mol. The molecule has 24 heavy (non-hydrogen) atoms. The molecule has 0 aromatic heterocycles. The van der Waals surface area contributed by atoms with Crippen LogP contribution in [0.15, 0.2) is 46.9 Å². The summed E-state index contributed by atoms with van der Waals surface area (Å²) in [5.41, 5.74) is 6.78. The third-order valence-corrected chi connectivity index (χ3v) is 3.96. The van der Waals surface area contributed by atoms with Gasteiger partial charge in [-0.1, -0.05) is 34.1 Å². The average molecular weight is 394 g/mol. The largest absolute Gasteiger partial charge is 0.352 e. The molecule has 1 atom stereocenters. The Labute approximate surface area is 147 Å². The fourth-order valence-electron chi connectivity index (χ4n) is 2.19. The van der Waals surface area contributed by atoms with Crippen LogP contribution in [-0.2, 0) is 4.79 Å². The van der Waals surface area contributed by atoms with Gasteiger partial charge in [0.2, 0.25) is 5.91 Å². The van der Waals surface area contributed by atoms with Crippen molar-refractivity contribution in [3.8, 4) is 0 Å². The summed E-state index contributed by atoms with van der Waals surface area (Å²) in [6.45, 7) is 1.64. The topological polar surface area (TPSA) is 84.2 Å². The van der Waals surface area contributed by atoms with Gasteiger partial charge >= 0.3 is 6.03 Å². The van der Waals surface area contributed by atoms with Crippen molar-refractivity contribution in [1.82, 2.24) is 5.32 Å². The van der Waals surface area contributed by atoms with Crippen molar-refractivity contribution in [2.45, 2.75) is 19.4 Å². The van der Waals surface area contributed by atoms with Gasteiger partial charge in [0, 0.05) is 10.2 Å². The molecule has 0 spiro atoms. The van der Waals surface area contributed by atoms with E-state index in [2.05, 4.69) is 26.6 Å². The van der Waals surface area contributed by atoms with E-state index in [1.165, 1.54) is 6.07 Å². The van der Waals surface area contributed by atoms with Crippen LogP contribution in [0.5, 0.6) is 0 Å². The third kappa shape index (κ3) is 5.06. The highest BCUT2D eigenvalue weighted by atomic mass is 79.9. The SMILES string of the molecule is Cc1ccc(NC(=O)CC(NC(N)=O)c2ccc(Br)cc2)cc1F. The Balaban J connectivity index is 2.10. The number of hydrogen-bond acceptors (Lipinski definition) is 2. The molecule has 0 fully saturated rings. The van der Waals surface area contributed by atoms with E-state index in [4.69, 9.17) is 5.73 Å². The summed E-state index contributed by atoms with van der Waals surface area (Å²) < 4.78 is 14.4. The molecular formula is C17H17BrFN3O2. The lowest BCUT2D eigenvalue weighted by atomic mass is 10.0. The van der Waals surface area contributed by atoms with Crippen molar-refractivity contribution in [1.29, 1.82) is 0 Å². The van der Waals surface area contributed by atoms with Gasteiger partial charge in [-0.2, -0.15) is 0 Å². The summed E-state index contributed by atoms with van der Waals surface area (Å²) in [5.74, 6) is -0.757. The van der Waals surface area contributed by atoms with E-state index < -0.39 is 17.9 Å². The van der Waals surface area contributed by atoms with Crippen molar-refractivity contribution in [3.05, 3.63) is 63.9 Å². The predicted molar refractivity (Wildman–Crippen MR) is 94.0 cm³/mol. The van der Waals surface area contributed by atoms with E-state index in [0.29, 0.717) is 11.3 Å². The van der Waals surface area contributed by atoms with E-state index in [9.17, 15) is 14.0 Å². The van der Waals surface area contributed by atoms with Crippen LogP contribution in [0.1, 0.15) is 23.6 Å². The molecule has 7 heteroatoms. The van der Waals surface area contributed by atoms with Crippen molar-refractivity contribution in [2.75, 3.05) is 5.32 Å². The number of hydrogen-bond donors (Lipinski definition) is 3. The second-order valence-electron chi connectivity index (χ2n) is 5.33. The van der Waals surface area contributed by atoms with E-state index >= 15 is 0 Å². The first-order valence-corrected chi connectivity index (χ1v) is 8.02. The Bertz CT molecular complexity index is 750. The predicted octanol–water partition coefficient (Wildman–Crippen LogP) is 3.63. The molecule has 4 N–H and O–H groups in total. The first-order valence-electron chi connectivity index (χ1n) is 7.22. The number of anilines is 1. The van der Waals surface area contributed by atoms with Crippen LogP contribution >= 0.6 is 15.9 Å². The van der Waals surface area contributed by atoms with E-state index in [1.807, 2.05) is 0 Å². The Morgan fingerprint density at radius 2 is 1.88 bits per heavy atom. The maximum Gasteiger partial charge on any atom is 0.312 e. The van der Waals surface area contributed by atoms with Gasteiger partial charge < -0.3 is 16.4 Å². The summed E-state index contributed by atoms with van der Waals surface area (Å²) in [5, 5.41) is 5.16. The number of benzene rings is 2. The minimum absolute atomic E-state index is 0.0277. The summed E-state index contributed by atoms with van der Waals surface area (Å²) in [6, 6.07) is 10.3. The highest BCUT2D eigenvalue weighted by Crippen LogP contribution is 2.21. The Morgan fingerprint density at radius 3 is 2.46 bits per heavy atom. The van der Waals surface area contributed by atoms with Crippen LogP contribution in [0.3, 0.4) is 0 Å². The molecule has 2 aromatic carbocycles. The van der Waals surface area contributed by atoms with Crippen LogP contribution in [0.2, 0.25) is 0 Å². The van der Waals surface area contributed by atoms with Crippen LogP contribution in [0, 0.1) is 12.7 Å². The lowest BCUT2D eigenvalue weighted by Gasteiger charge is -2.18. The zero-order chi connectivity index (χ0) is 17.7. The molecule has 5 nitrogen and oxygen atoms in total. The number of urea groups is 1. The number of primary amides is 1. The van der Waals surface area contributed by atoms with Crippen molar-refractivity contribution in [3.63, 3.8) is 0 Å². The molecule has 0 aliphatic rings. The highest BCUT2D eigenvalue weighted by molar-refractivity contribution is 9.10.